The van der Waals surface area contributed by atoms with Gasteiger partial charge in [0.2, 0.25) is 5.91 Å². The van der Waals surface area contributed by atoms with E-state index in [0.717, 1.165) is 11.8 Å². The van der Waals surface area contributed by atoms with Gasteiger partial charge in [-0.1, -0.05) is 11.8 Å². The highest BCUT2D eigenvalue weighted by atomic mass is 32.2. The van der Waals surface area contributed by atoms with Gasteiger partial charge >= 0.3 is 5.97 Å². The van der Waals surface area contributed by atoms with Gasteiger partial charge in [-0.05, 0) is 6.92 Å². The van der Waals surface area contributed by atoms with E-state index in [4.69, 9.17) is 5.11 Å². The van der Waals surface area contributed by atoms with Crippen LogP contribution in [0, 0.1) is 0 Å². The van der Waals surface area contributed by atoms with Gasteiger partial charge in [-0.25, -0.2) is 9.78 Å². The second-order valence-electron chi connectivity index (χ2n) is 2.65. The fourth-order valence-electron chi connectivity index (χ4n) is 0.867. The lowest BCUT2D eigenvalue weighted by molar-refractivity contribution is -0.118. The van der Waals surface area contributed by atoms with Crippen LogP contribution in [0.5, 0.6) is 0 Å². The van der Waals surface area contributed by atoms with Crippen LogP contribution in [0.15, 0.2) is 11.4 Å². The molecule has 1 amide bonds. The van der Waals surface area contributed by atoms with Crippen molar-refractivity contribution in [2.24, 2.45) is 0 Å². The SMILES string of the molecule is CCNC(=O)CSc1ncc(C(=O)O)[nH]1. The molecule has 0 aliphatic heterocycles. The topological polar surface area (TPSA) is 95.1 Å². The molecule has 0 bridgehead atoms. The average Bonchev–Trinajstić information content (AvgIpc) is 2.63. The summed E-state index contributed by atoms with van der Waals surface area (Å²) in [7, 11) is 0. The van der Waals surface area contributed by atoms with E-state index >= 15 is 0 Å². The average molecular weight is 229 g/mol. The molecule has 82 valence electrons. The number of aromatic amines is 1. The zero-order valence-corrected chi connectivity index (χ0v) is 8.93. The molecule has 0 aliphatic carbocycles. The number of nitrogens with one attached hydrogen (secondary N) is 2. The lowest BCUT2D eigenvalue weighted by Crippen LogP contribution is -2.24. The smallest absolute Gasteiger partial charge is 0.353 e. The maximum Gasteiger partial charge on any atom is 0.353 e. The van der Waals surface area contributed by atoms with E-state index in [1.165, 1.54) is 6.20 Å². The van der Waals surface area contributed by atoms with Crippen molar-refractivity contribution in [3.05, 3.63) is 11.9 Å². The van der Waals surface area contributed by atoms with E-state index in [0.29, 0.717) is 11.7 Å². The van der Waals surface area contributed by atoms with Gasteiger partial charge in [0.25, 0.3) is 0 Å². The molecule has 6 nitrogen and oxygen atoms in total. The molecule has 1 aromatic heterocycles. The number of carboxylic acids is 1. The van der Waals surface area contributed by atoms with Crippen LogP contribution in [0.4, 0.5) is 0 Å². The van der Waals surface area contributed by atoms with Crippen LogP contribution in [0.2, 0.25) is 0 Å². The first-order chi connectivity index (χ1) is 7.13. The Morgan fingerprint density at radius 3 is 2.93 bits per heavy atom. The predicted octanol–water partition coefficient (Wildman–Crippen LogP) is 0.336. The number of rotatable bonds is 5. The molecule has 1 aromatic rings. The molecule has 0 unspecified atom stereocenters. The summed E-state index contributed by atoms with van der Waals surface area (Å²) in [5.41, 5.74) is 0.0217. The number of hydrogen-bond donors (Lipinski definition) is 3. The Balaban J connectivity index is 2.44. The molecule has 0 aliphatic rings. The molecular weight excluding hydrogens is 218 g/mol. The Hall–Kier alpha value is -1.50. The van der Waals surface area contributed by atoms with Crippen molar-refractivity contribution in [3.8, 4) is 0 Å². The molecule has 0 atom stereocenters. The van der Waals surface area contributed by atoms with Crippen molar-refractivity contribution in [2.75, 3.05) is 12.3 Å². The third-order valence-corrected chi connectivity index (χ3v) is 2.38. The van der Waals surface area contributed by atoms with Crippen molar-refractivity contribution in [1.82, 2.24) is 15.3 Å². The van der Waals surface area contributed by atoms with Gasteiger partial charge in [0.15, 0.2) is 5.16 Å². The summed E-state index contributed by atoms with van der Waals surface area (Å²) in [5.74, 6) is -0.941. The fraction of sp³-hybridized carbons (Fsp3) is 0.375. The number of imidazole rings is 1. The maximum absolute atomic E-state index is 11.1. The van der Waals surface area contributed by atoms with Crippen molar-refractivity contribution in [2.45, 2.75) is 12.1 Å². The van der Waals surface area contributed by atoms with Crippen LogP contribution < -0.4 is 5.32 Å². The van der Waals surface area contributed by atoms with Gasteiger partial charge in [0, 0.05) is 6.54 Å². The van der Waals surface area contributed by atoms with Gasteiger partial charge < -0.3 is 15.4 Å². The van der Waals surface area contributed by atoms with E-state index < -0.39 is 5.97 Å². The second-order valence-corrected chi connectivity index (χ2v) is 3.61. The minimum atomic E-state index is -1.06. The van der Waals surface area contributed by atoms with Crippen molar-refractivity contribution >= 4 is 23.6 Å². The molecule has 0 spiro atoms. The van der Waals surface area contributed by atoms with E-state index in [2.05, 4.69) is 15.3 Å². The van der Waals surface area contributed by atoms with Crippen LogP contribution in [0.3, 0.4) is 0 Å². The third-order valence-electron chi connectivity index (χ3n) is 1.50. The number of H-pyrrole nitrogens is 1. The molecule has 0 saturated heterocycles. The van der Waals surface area contributed by atoms with E-state index in [1.807, 2.05) is 6.92 Å². The fourth-order valence-corrected chi connectivity index (χ4v) is 1.55. The van der Waals surface area contributed by atoms with Crippen LogP contribution in [0.1, 0.15) is 17.4 Å². The molecule has 0 radical (unpaired) electrons. The van der Waals surface area contributed by atoms with E-state index in [-0.39, 0.29) is 17.4 Å². The quantitative estimate of drug-likeness (QED) is 0.633. The number of carboxylic acid groups (broad SMARTS) is 1. The van der Waals surface area contributed by atoms with Gasteiger partial charge in [-0.15, -0.1) is 0 Å². The van der Waals surface area contributed by atoms with E-state index in [1.54, 1.807) is 0 Å². The Kier molecular flexibility index (Phi) is 4.17. The summed E-state index contributed by atoms with van der Waals surface area (Å²) in [6.45, 7) is 2.41. The van der Waals surface area contributed by atoms with Crippen LogP contribution in [-0.4, -0.2) is 39.2 Å². The number of carbonyl (C=O) groups excluding carboxylic acids is 1. The monoisotopic (exact) mass is 229 g/mol. The zero-order valence-electron chi connectivity index (χ0n) is 8.11. The number of amides is 1. The van der Waals surface area contributed by atoms with Gasteiger partial charge in [-0.2, -0.15) is 0 Å². The van der Waals surface area contributed by atoms with Crippen LogP contribution >= 0.6 is 11.8 Å². The van der Waals surface area contributed by atoms with Crippen LogP contribution in [0.25, 0.3) is 0 Å². The Labute approximate surface area is 90.5 Å². The highest BCUT2D eigenvalue weighted by Crippen LogP contribution is 2.12. The number of aromatic carboxylic acids is 1. The molecule has 15 heavy (non-hydrogen) atoms. The first-order valence-corrected chi connectivity index (χ1v) is 5.29. The summed E-state index contributed by atoms with van der Waals surface area (Å²) < 4.78 is 0. The summed E-state index contributed by atoms with van der Waals surface area (Å²) in [6.07, 6.45) is 1.22. The molecule has 0 aromatic carbocycles. The molecule has 0 fully saturated rings. The minimum Gasteiger partial charge on any atom is -0.477 e. The number of thioether (sulfide) groups is 1. The zero-order chi connectivity index (χ0) is 11.3. The predicted molar refractivity (Wildman–Crippen MR) is 55.0 cm³/mol. The largest absolute Gasteiger partial charge is 0.477 e. The highest BCUT2D eigenvalue weighted by Gasteiger charge is 2.08. The number of hydrogen-bond acceptors (Lipinski definition) is 4. The van der Waals surface area contributed by atoms with Gasteiger partial charge in [0.05, 0.1) is 11.9 Å². The molecular formula is C8H11N3O3S. The van der Waals surface area contributed by atoms with E-state index in [9.17, 15) is 9.59 Å². The summed E-state index contributed by atoms with van der Waals surface area (Å²) in [6, 6.07) is 0. The summed E-state index contributed by atoms with van der Waals surface area (Å²) >= 11 is 1.16. The van der Waals surface area contributed by atoms with Gasteiger partial charge in [-0.3, -0.25) is 4.79 Å². The number of carbonyl (C=O) groups is 2. The van der Waals surface area contributed by atoms with Crippen molar-refractivity contribution < 1.29 is 14.7 Å². The Morgan fingerprint density at radius 1 is 1.67 bits per heavy atom. The molecule has 1 heterocycles. The molecule has 7 heteroatoms. The summed E-state index contributed by atoms with van der Waals surface area (Å²) in [4.78, 5) is 28.0. The van der Waals surface area contributed by atoms with Crippen molar-refractivity contribution in [3.63, 3.8) is 0 Å². The highest BCUT2D eigenvalue weighted by molar-refractivity contribution is 7.99. The summed E-state index contributed by atoms with van der Waals surface area (Å²) in [5, 5.41) is 11.7. The normalized spacial score (nSPS) is 9.93. The Bertz CT molecular complexity index is 364. The maximum atomic E-state index is 11.1. The lowest BCUT2D eigenvalue weighted by atomic mass is 10.5. The Morgan fingerprint density at radius 2 is 2.40 bits per heavy atom. The third kappa shape index (κ3) is 3.62. The molecule has 3 N–H and O–H groups in total. The molecule has 0 saturated carbocycles. The second kappa shape index (κ2) is 5.40. The number of nitrogens with zero attached hydrogens (tertiary/aromatic N) is 1. The lowest BCUT2D eigenvalue weighted by Gasteiger charge is -1.98. The first kappa shape index (κ1) is 11.6. The van der Waals surface area contributed by atoms with Crippen molar-refractivity contribution in [1.29, 1.82) is 0 Å². The number of aromatic nitrogens is 2. The van der Waals surface area contributed by atoms with Crippen LogP contribution in [-0.2, 0) is 4.79 Å². The molecule has 1 rings (SSSR count). The standard InChI is InChI=1S/C8H11N3O3S/c1-2-9-6(12)4-15-8-10-3-5(11-8)7(13)14/h3H,2,4H2,1H3,(H,9,12)(H,10,11)(H,13,14). The minimum absolute atomic E-state index is 0.0217. The first-order valence-electron chi connectivity index (χ1n) is 4.31. The van der Waals surface area contributed by atoms with Gasteiger partial charge in [0.1, 0.15) is 5.69 Å².